The number of hydrogen-bond acceptors (Lipinski definition) is 3. The van der Waals surface area contributed by atoms with Crippen molar-refractivity contribution in [2.75, 3.05) is 18.0 Å². The van der Waals surface area contributed by atoms with Crippen LogP contribution in [0.25, 0.3) is 43.6 Å². The lowest BCUT2D eigenvalue weighted by molar-refractivity contribution is 0.867. The van der Waals surface area contributed by atoms with E-state index in [0.29, 0.717) is 32.6 Å². The van der Waals surface area contributed by atoms with Crippen LogP contribution in [0.4, 0.5) is 5.69 Å². The SMILES string of the molecule is CCc1ccc2[nH]c3cc4c(=O)c5ccc(N(CC)CC)cc5[nH]c4cc3c(=O)c2c1. The van der Waals surface area contributed by atoms with E-state index in [2.05, 4.69) is 35.6 Å². The Morgan fingerprint density at radius 3 is 1.87 bits per heavy atom. The van der Waals surface area contributed by atoms with Gasteiger partial charge in [-0.25, -0.2) is 0 Å². The summed E-state index contributed by atoms with van der Waals surface area (Å²) in [5.41, 5.74) is 5.09. The molecule has 5 nitrogen and oxygen atoms in total. The molecule has 0 saturated carbocycles. The average Bonchev–Trinajstić information content (AvgIpc) is 2.79. The maximum atomic E-state index is 13.3. The first kappa shape index (κ1) is 19.4. The highest BCUT2D eigenvalue weighted by Gasteiger charge is 2.12. The van der Waals surface area contributed by atoms with Crippen molar-refractivity contribution in [3.05, 3.63) is 74.5 Å². The zero-order valence-corrected chi connectivity index (χ0v) is 18.0. The Hall–Kier alpha value is -3.60. The lowest BCUT2D eigenvalue weighted by atomic mass is 10.0. The summed E-state index contributed by atoms with van der Waals surface area (Å²) >= 11 is 0. The molecule has 0 aliphatic carbocycles. The Morgan fingerprint density at radius 1 is 0.645 bits per heavy atom. The van der Waals surface area contributed by atoms with Crippen molar-refractivity contribution in [1.82, 2.24) is 9.97 Å². The fraction of sp³-hybridized carbons (Fsp3) is 0.231. The molecule has 0 aliphatic heterocycles. The Morgan fingerprint density at radius 2 is 1.23 bits per heavy atom. The summed E-state index contributed by atoms with van der Waals surface area (Å²) in [4.78, 5) is 35.5. The van der Waals surface area contributed by atoms with Gasteiger partial charge in [-0.1, -0.05) is 13.0 Å². The van der Waals surface area contributed by atoms with Gasteiger partial charge < -0.3 is 14.9 Å². The molecule has 3 aromatic carbocycles. The van der Waals surface area contributed by atoms with E-state index in [4.69, 9.17) is 0 Å². The number of benzene rings is 3. The summed E-state index contributed by atoms with van der Waals surface area (Å²) in [5, 5.41) is 2.50. The van der Waals surface area contributed by atoms with E-state index in [-0.39, 0.29) is 10.9 Å². The van der Waals surface area contributed by atoms with Gasteiger partial charge >= 0.3 is 0 Å². The predicted molar refractivity (Wildman–Crippen MR) is 131 cm³/mol. The highest BCUT2D eigenvalue weighted by Crippen LogP contribution is 2.24. The number of aromatic nitrogens is 2. The van der Waals surface area contributed by atoms with Crippen LogP contribution in [0.15, 0.2) is 58.1 Å². The van der Waals surface area contributed by atoms with Crippen LogP contribution in [0.5, 0.6) is 0 Å². The van der Waals surface area contributed by atoms with Gasteiger partial charge in [0.2, 0.25) is 0 Å². The van der Waals surface area contributed by atoms with Crippen molar-refractivity contribution in [3.63, 3.8) is 0 Å². The molecule has 5 heteroatoms. The van der Waals surface area contributed by atoms with Crippen LogP contribution in [-0.2, 0) is 6.42 Å². The minimum absolute atomic E-state index is 0.0150. The number of rotatable bonds is 4. The Balaban J connectivity index is 1.83. The third-order valence-corrected chi connectivity index (χ3v) is 6.30. The van der Waals surface area contributed by atoms with Crippen molar-refractivity contribution in [3.8, 4) is 0 Å². The number of anilines is 1. The lowest BCUT2D eigenvalue weighted by Crippen LogP contribution is -2.21. The molecule has 156 valence electrons. The van der Waals surface area contributed by atoms with Crippen LogP contribution < -0.4 is 15.8 Å². The normalized spacial score (nSPS) is 11.7. The number of H-pyrrole nitrogens is 2. The van der Waals surface area contributed by atoms with E-state index in [1.54, 1.807) is 6.07 Å². The maximum Gasteiger partial charge on any atom is 0.197 e. The Kier molecular flexibility index (Phi) is 4.54. The smallest absolute Gasteiger partial charge is 0.197 e. The van der Waals surface area contributed by atoms with Gasteiger partial charge in [0.1, 0.15) is 0 Å². The first-order chi connectivity index (χ1) is 15.0. The standard InChI is InChI=1S/C26H25N3O2/c1-4-15-7-10-21-18(11-15)26(31)20-14-24-19(13-23(20)27-21)25(30)17-9-8-16(12-22(17)28-24)29(5-2)6-3/h7-14H,4-6H2,1-3H3,(H,27,31)(H,28,30). The second-order valence-corrected chi connectivity index (χ2v) is 7.99. The molecule has 31 heavy (non-hydrogen) atoms. The number of aryl methyl sites for hydroxylation is 1. The molecule has 0 spiro atoms. The van der Waals surface area contributed by atoms with E-state index < -0.39 is 0 Å². The fourth-order valence-corrected chi connectivity index (χ4v) is 4.49. The molecule has 0 bridgehead atoms. The van der Waals surface area contributed by atoms with Gasteiger partial charge in [0.25, 0.3) is 0 Å². The van der Waals surface area contributed by atoms with Gasteiger partial charge in [0.05, 0.1) is 16.6 Å². The highest BCUT2D eigenvalue weighted by atomic mass is 16.1. The third-order valence-electron chi connectivity index (χ3n) is 6.30. The molecular formula is C26H25N3O2. The van der Waals surface area contributed by atoms with Crippen molar-refractivity contribution < 1.29 is 0 Å². The molecule has 5 aromatic rings. The van der Waals surface area contributed by atoms with Gasteiger partial charge in [-0.2, -0.15) is 0 Å². The molecule has 0 fully saturated rings. The molecule has 5 rings (SSSR count). The van der Waals surface area contributed by atoms with Crippen LogP contribution in [0.2, 0.25) is 0 Å². The zero-order chi connectivity index (χ0) is 21.7. The topological polar surface area (TPSA) is 69.0 Å². The monoisotopic (exact) mass is 411 g/mol. The first-order valence-corrected chi connectivity index (χ1v) is 10.9. The summed E-state index contributed by atoms with van der Waals surface area (Å²) in [6, 6.07) is 15.4. The fourth-order valence-electron chi connectivity index (χ4n) is 4.49. The Bertz CT molecular complexity index is 1590. The molecule has 2 aromatic heterocycles. The first-order valence-electron chi connectivity index (χ1n) is 10.9. The summed E-state index contributed by atoms with van der Waals surface area (Å²) in [5.74, 6) is 0. The molecule has 2 heterocycles. The van der Waals surface area contributed by atoms with Gasteiger partial charge in [0.15, 0.2) is 10.9 Å². The second kappa shape index (κ2) is 7.27. The number of pyridine rings is 2. The molecule has 0 aliphatic rings. The quantitative estimate of drug-likeness (QED) is 0.405. The number of nitrogens with one attached hydrogen (secondary N) is 2. The van der Waals surface area contributed by atoms with E-state index in [1.807, 2.05) is 42.5 Å². The van der Waals surface area contributed by atoms with Crippen LogP contribution in [-0.4, -0.2) is 23.1 Å². The van der Waals surface area contributed by atoms with Crippen LogP contribution >= 0.6 is 0 Å². The van der Waals surface area contributed by atoms with E-state index in [1.165, 1.54) is 0 Å². The van der Waals surface area contributed by atoms with Crippen molar-refractivity contribution in [2.45, 2.75) is 27.2 Å². The lowest BCUT2D eigenvalue weighted by Gasteiger charge is -2.21. The van der Waals surface area contributed by atoms with E-state index in [9.17, 15) is 9.59 Å². The van der Waals surface area contributed by atoms with Crippen molar-refractivity contribution in [2.24, 2.45) is 0 Å². The predicted octanol–water partition coefficient (Wildman–Crippen LogP) is 5.08. The summed E-state index contributed by atoms with van der Waals surface area (Å²) in [6.45, 7) is 8.10. The summed E-state index contributed by atoms with van der Waals surface area (Å²) in [6.07, 6.45) is 0.874. The van der Waals surface area contributed by atoms with E-state index in [0.717, 1.165) is 41.8 Å². The van der Waals surface area contributed by atoms with Gasteiger partial charge in [0, 0.05) is 45.8 Å². The average molecular weight is 412 g/mol. The molecule has 0 unspecified atom stereocenters. The van der Waals surface area contributed by atoms with Crippen molar-refractivity contribution >= 4 is 49.3 Å². The number of nitrogens with zero attached hydrogens (tertiary/aromatic N) is 1. The van der Waals surface area contributed by atoms with Crippen LogP contribution in [0.1, 0.15) is 26.3 Å². The van der Waals surface area contributed by atoms with Gasteiger partial charge in [-0.05, 0) is 68.3 Å². The summed E-state index contributed by atoms with van der Waals surface area (Å²) < 4.78 is 0. The minimum atomic E-state index is -0.0287. The zero-order valence-electron chi connectivity index (χ0n) is 18.0. The number of fused-ring (bicyclic) bond motifs is 4. The van der Waals surface area contributed by atoms with Crippen LogP contribution in [0, 0.1) is 0 Å². The molecule has 0 atom stereocenters. The molecule has 0 radical (unpaired) electrons. The highest BCUT2D eigenvalue weighted by molar-refractivity contribution is 6.03. The largest absolute Gasteiger partial charge is 0.372 e. The molecular weight excluding hydrogens is 386 g/mol. The minimum Gasteiger partial charge on any atom is -0.372 e. The van der Waals surface area contributed by atoms with Crippen molar-refractivity contribution in [1.29, 1.82) is 0 Å². The molecule has 2 N–H and O–H groups in total. The third kappa shape index (κ3) is 3.00. The molecule has 0 amide bonds. The van der Waals surface area contributed by atoms with E-state index >= 15 is 0 Å². The summed E-state index contributed by atoms with van der Waals surface area (Å²) in [7, 11) is 0. The van der Waals surface area contributed by atoms with Crippen LogP contribution in [0.3, 0.4) is 0 Å². The van der Waals surface area contributed by atoms with Gasteiger partial charge in [-0.3, -0.25) is 9.59 Å². The maximum absolute atomic E-state index is 13.3. The van der Waals surface area contributed by atoms with Gasteiger partial charge in [-0.15, -0.1) is 0 Å². The number of aromatic amines is 2. The number of hydrogen-bond donors (Lipinski definition) is 2. The second-order valence-electron chi connectivity index (χ2n) is 7.99. The Labute approximate surface area is 179 Å². The molecule has 0 saturated heterocycles.